The number of urea groups is 1. The maximum atomic E-state index is 15.3. The highest BCUT2D eigenvalue weighted by molar-refractivity contribution is 6.00. The lowest BCUT2D eigenvalue weighted by Gasteiger charge is -2.26. The van der Waals surface area contributed by atoms with E-state index >= 15 is 8.78 Å². The van der Waals surface area contributed by atoms with Crippen LogP contribution in [0.25, 0.3) is 16.6 Å². The molecule has 0 bridgehead atoms. The van der Waals surface area contributed by atoms with E-state index in [4.69, 9.17) is 10.5 Å². The second kappa shape index (κ2) is 10.7. The summed E-state index contributed by atoms with van der Waals surface area (Å²) in [5.74, 6) is -3.71. The van der Waals surface area contributed by atoms with Crippen LogP contribution in [0.3, 0.4) is 0 Å². The Balaban J connectivity index is 1.43. The largest absolute Gasteiger partial charge is 0.419 e. The molecule has 2 aromatic carbocycles. The molecule has 4 N–H and O–H groups in total. The van der Waals surface area contributed by atoms with Gasteiger partial charge in [0.2, 0.25) is 0 Å². The maximum absolute atomic E-state index is 15.3. The van der Waals surface area contributed by atoms with Crippen molar-refractivity contribution in [2.24, 2.45) is 0 Å². The average Bonchev–Trinajstić information content (AvgIpc) is 3.26. The quantitative estimate of drug-likeness (QED) is 0.298. The Bertz CT molecular complexity index is 1580. The van der Waals surface area contributed by atoms with Crippen LogP contribution in [0.5, 0.6) is 0 Å². The third-order valence-corrected chi connectivity index (χ3v) is 6.29. The molecule has 210 valence electrons. The number of nitrogen functional groups attached to an aromatic ring is 1. The number of halogens is 6. The zero-order valence-corrected chi connectivity index (χ0v) is 20.5. The van der Waals surface area contributed by atoms with E-state index in [1.165, 1.54) is 10.8 Å². The molecule has 5 rings (SSSR count). The fourth-order valence-electron chi connectivity index (χ4n) is 4.41. The lowest BCUT2D eigenvalue weighted by molar-refractivity contribution is -0.139. The van der Waals surface area contributed by atoms with Crippen LogP contribution in [0, 0.1) is 17.5 Å². The highest BCUT2D eigenvalue weighted by Gasteiger charge is 2.35. The van der Waals surface area contributed by atoms with Crippen LogP contribution in [-0.2, 0) is 17.5 Å². The van der Waals surface area contributed by atoms with Gasteiger partial charge in [0.1, 0.15) is 23.5 Å². The summed E-state index contributed by atoms with van der Waals surface area (Å²) in [7, 11) is 0. The second-order valence-corrected chi connectivity index (χ2v) is 8.90. The topological polar surface area (TPSA) is 110 Å². The van der Waals surface area contributed by atoms with E-state index in [2.05, 4.69) is 15.0 Å². The van der Waals surface area contributed by atoms with Gasteiger partial charge in [-0.3, -0.25) is 4.90 Å². The van der Waals surface area contributed by atoms with Crippen LogP contribution >= 0.6 is 0 Å². The van der Waals surface area contributed by atoms with Gasteiger partial charge in [0.15, 0.2) is 11.6 Å². The number of alkyl halides is 3. The lowest BCUT2D eigenvalue weighted by atomic mass is 10.0. The number of carbonyl (C=O) groups excluding carboxylic acids is 1. The molecule has 3 heterocycles. The van der Waals surface area contributed by atoms with E-state index in [1.807, 2.05) is 10.6 Å². The predicted molar refractivity (Wildman–Crippen MR) is 133 cm³/mol. The zero-order valence-electron chi connectivity index (χ0n) is 20.5. The number of fused-ring (bicyclic) bond motifs is 1. The van der Waals surface area contributed by atoms with Crippen molar-refractivity contribution in [3.8, 4) is 11.1 Å². The number of hydrogen-bond acceptors (Lipinski definition) is 6. The number of nitrogens with zero attached hydrogens (tertiary/aromatic N) is 4. The zero-order chi connectivity index (χ0) is 28.6. The third kappa shape index (κ3) is 5.37. The molecule has 40 heavy (non-hydrogen) atoms. The van der Waals surface area contributed by atoms with E-state index in [-0.39, 0.29) is 22.5 Å². The van der Waals surface area contributed by atoms with Gasteiger partial charge in [-0.05, 0) is 24.3 Å². The SMILES string of the molecule is Nc1ncnn2c(CN3CCOCC3)cc(-c3cc(F)c(NC(=O)Nc4cccc(C(F)(F)F)c4F)cc3F)c12. The minimum Gasteiger partial charge on any atom is -0.382 e. The number of morpholine rings is 1. The highest BCUT2D eigenvalue weighted by Crippen LogP contribution is 2.36. The molecule has 1 saturated heterocycles. The summed E-state index contributed by atoms with van der Waals surface area (Å²) in [5, 5.41) is 8.08. The van der Waals surface area contributed by atoms with Crippen molar-refractivity contribution in [1.82, 2.24) is 19.5 Å². The van der Waals surface area contributed by atoms with Gasteiger partial charge in [-0.2, -0.15) is 18.3 Å². The van der Waals surface area contributed by atoms with Gasteiger partial charge >= 0.3 is 12.2 Å². The number of aromatic nitrogens is 3. The van der Waals surface area contributed by atoms with Crippen LogP contribution in [-0.4, -0.2) is 51.8 Å². The minimum absolute atomic E-state index is 0.0303. The number of anilines is 3. The average molecular weight is 565 g/mol. The summed E-state index contributed by atoms with van der Waals surface area (Å²) in [6.07, 6.45) is -3.76. The molecule has 4 aromatic rings. The molecular formula is C25H21F6N7O2. The van der Waals surface area contributed by atoms with Crippen molar-refractivity contribution in [2.45, 2.75) is 12.7 Å². The fraction of sp³-hybridized carbons (Fsp3) is 0.240. The first-order valence-electron chi connectivity index (χ1n) is 11.9. The van der Waals surface area contributed by atoms with Crippen LogP contribution < -0.4 is 16.4 Å². The second-order valence-electron chi connectivity index (χ2n) is 8.90. The summed E-state index contributed by atoms with van der Waals surface area (Å²) in [6.45, 7) is 2.86. The summed E-state index contributed by atoms with van der Waals surface area (Å²) < 4.78 is 90.3. The first kappa shape index (κ1) is 27.2. The summed E-state index contributed by atoms with van der Waals surface area (Å²) in [4.78, 5) is 18.4. The third-order valence-electron chi connectivity index (χ3n) is 6.29. The Kier molecular flexibility index (Phi) is 7.25. The molecule has 15 heteroatoms. The van der Waals surface area contributed by atoms with E-state index < -0.39 is 46.6 Å². The Labute approximate surface area is 222 Å². The fourth-order valence-corrected chi connectivity index (χ4v) is 4.41. The van der Waals surface area contributed by atoms with Gasteiger partial charge in [-0.25, -0.2) is 27.5 Å². The number of amides is 2. The summed E-state index contributed by atoms with van der Waals surface area (Å²) in [6, 6.07) is 4.13. The van der Waals surface area contributed by atoms with E-state index in [0.29, 0.717) is 50.7 Å². The Morgan fingerprint density at radius 3 is 2.45 bits per heavy atom. The molecule has 0 atom stereocenters. The van der Waals surface area contributed by atoms with Gasteiger partial charge in [-0.1, -0.05) is 6.07 Å². The molecule has 0 unspecified atom stereocenters. The minimum atomic E-state index is -5.00. The number of carbonyl (C=O) groups is 1. The van der Waals surface area contributed by atoms with E-state index in [9.17, 15) is 22.4 Å². The molecule has 2 amide bonds. The number of nitrogens with two attached hydrogens (primary N) is 1. The van der Waals surface area contributed by atoms with Crippen molar-refractivity contribution < 1.29 is 35.9 Å². The number of rotatable bonds is 5. The Morgan fingerprint density at radius 1 is 1.00 bits per heavy atom. The van der Waals surface area contributed by atoms with Gasteiger partial charge < -0.3 is 21.1 Å². The molecule has 1 fully saturated rings. The maximum Gasteiger partial charge on any atom is 0.419 e. The van der Waals surface area contributed by atoms with Crippen LogP contribution in [0.1, 0.15) is 11.3 Å². The van der Waals surface area contributed by atoms with Gasteiger partial charge in [0, 0.05) is 36.8 Å². The summed E-state index contributed by atoms with van der Waals surface area (Å²) in [5.41, 5.74) is 3.95. The molecule has 0 aliphatic carbocycles. The molecule has 9 nitrogen and oxygen atoms in total. The monoisotopic (exact) mass is 565 g/mol. The molecule has 0 saturated carbocycles. The van der Waals surface area contributed by atoms with Gasteiger partial charge in [0.25, 0.3) is 0 Å². The first-order valence-corrected chi connectivity index (χ1v) is 11.9. The van der Waals surface area contributed by atoms with Crippen molar-refractivity contribution in [3.63, 3.8) is 0 Å². The van der Waals surface area contributed by atoms with Crippen molar-refractivity contribution in [1.29, 1.82) is 0 Å². The Morgan fingerprint density at radius 2 is 1.73 bits per heavy atom. The normalized spacial score (nSPS) is 14.4. The number of ether oxygens (including phenoxy) is 1. The van der Waals surface area contributed by atoms with Gasteiger partial charge in [-0.15, -0.1) is 0 Å². The Hall–Kier alpha value is -4.37. The van der Waals surface area contributed by atoms with Crippen LogP contribution in [0.4, 0.5) is 48.3 Å². The van der Waals surface area contributed by atoms with Gasteiger partial charge in [0.05, 0.1) is 35.8 Å². The molecule has 2 aromatic heterocycles. The van der Waals surface area contributed by atoms with E-state index in [0.717, 1.165) is 18.2 Å². The smallest absolute Gasteiger partial charge is 0.382 e. The lowest BCUT2D eigenvalue weighted by Crippen LogP contribution is -2.36. The highest BCUT2D eigenvalue weighted by atomic mass is 19.4. The van der Waals surface area contributed by atoms with Crippen molar-refractivity contribution >= 4 is 28.7 Å². The predicted octanol–water partition coefficient (Wildman–Crippen LogP) is 4.89. The first-order chi connectivity index (χ1) is 19.0. The molecular weight excluding hydrogens is 544 g/mol. The number of hydrogen-bond donors (Lipinski definition) is 3. The molecule has 1 aliphatic rings. The van der Waals surface area contributed by atoms with Crippen LogP contribution in [0.2, 0.25) is 0 Å². The number of nitrogens with one attached hydrogen (secondary N) is 2. The van der Waals surface area contributed by atoms with Crippen molar-refractivity contribution in [2.75, 3.05) is 42.7 Å². The van der Waals surface area contributed by atoms with Crippen molar-refractivity contribution in [3.05, 3.63) is 71.4 Å². The molecule has 1 aliphatic heterocycles. The molecule has 0 radical (unpaired) electrons. The molecule has 0 spiro atoms. The number of benzene rings is 2. The standard InChI is InChI=1S/C25H21F6N7O2/c26-17-10-20(36-24(39)35-19-3-1-2-16(21(19)28)25(29,30)31)18(27)9-14(17)15-8-13(11-37-4-6-40-7-5-37)38-22(15)23(32)33-12-34-38/h1-3,8-10,12H,4-7,11H2,(H2,32,33,34)(H2,35,36,39). The summed E-state index contributed by atoms with van der Waals surface area (Å²) >= 11 is 0. The van der Waals surface area contributed by atoms with Crippen LogP contribution in [0.15, 0.2) is 42.7 Å². The van der Waals surface area contributed by atoms with E-state index in [1.54, 1.807) is 6.07 Å².